The number of benzene rings is 1. The summed E-state index contributed by atoms with van der Waals surface area (Å²) >= 11 is 6.15. The number of aromatic nitrogens is 1. The number of nitriles is 1. The minimum absolute atomic E-state index is 0.0807. The Morgan fingerprint density at radius 2 is 2.17 bits per heavy atom. The number of methoxy groups -OCH3 is 1. The molecular formula is C17H15ClN2O3. The topological polar surface area (TPSA) is 72.2 Å². The van der Waals surface area contributed by atoms with Gasteiger partial charge in [-0.1, -0.05) is 23.7 Å². The number of hydrogen-bond donors (Lipinski definition) is 0. The van der Waals surface area contributed by atoms with Crippen LogP contribution < -0.4 is 0 Å². The van der Waals surface area contributed by atoms with Crippen molar-refractivity contribution in [2.24, 2.45) is 0 Å². The van der Waals surface area contributed by atoms with Crippen molar-refractivity contribution in [2.45, 2.75) is 6.92 Å². The van der Waals surface area contributed by atoms with Crippen molar-refractivity contribution in [3.63, 3.8) is 0 Å². The molecule has 1 heterocycles. The molecule has 2 aromatic rings. The second-order valence-electron chi connectivity index (χ2n) is 4.86. The van der Waals surface area contributed by atoms with E-state index in [1.165, 1.54) is 13.2 Å². The summed E-state index contributed by atoms with van der Waals surface area (Å²) in [6.45, 7) is 2.31. The first-order chi connectivity index (χ1) is 11.0. The highest BCUT2D eigenvalue weighted by atomic mass is 35.5. The monoisotopic (exact) mass is 330 g/mol. The van der Waals surface area contributed by atoms with Crippen LogP contribution >= 0.6 is 11.6 Å². The van der Waals surface area contributed by atoms with Crippen LogP contribution in [0, 0.1) is 18.3 Å². The Morgan fingerprint density at radius 3 is 2.87 bits per heavy atom. The molecule has 0 fully saturated rings. The van der Waals surface area contributed by atoms with Crippen LogP contribution in [-0.4, -0.2) is 31.3 Å². The molecule has 0 aliphatic rings. The van der Waals surface area contributed by atoms with Gasteiger partial charge in [0, 0.05) is 18.1 Å². The molecule has 0 unspecified atom stereocenters. The molecule has 2 rings (SSSR count). The van der Waals surface area contributed by atoms with E-state index in [0.29, 0.717) is 5.56 Å². The molecule has 6 heteroatoms. The number of pyridine rings is 1. The molecule has 0 saturated heterocycles. The van der Waals surface area contributed by atoms with E-state index in [0.717, 1.165) is 16.5 Å². The third-order valence-electron chi connectivity index (χ3n) is 3.11. The lowest BCUT2D eigenvalue weighted by Gasteiger charge is -2.05. The van der Waals surface area contributed by atoms with E-state index >= 15 is 0 Å². The Bertz CT molecular complexity index is 809. The summed E-state index contributed by atoms with van der Waals surface area (Å²) in [4.78, 5) is 16.1. The van der Waals surface area contributed by atoms with Crippen LogP contribution in [0.5, 0.6) is 0 Å². The number of esters is 1. The molecule has 0 radical (unpaired) electrons. The van der Waals surface area contributed by atoms with Crippen molar-refractivity contribution in [1.82, 2.24) is 4.98 Å². The van der Waals surface area contributed by atoms with Gasteiger partial charge in [-0.25, -0.2) is 9.78 Å². The summed E-state index contributed by atoms with van der Waals surface area (Å²) < 4.78 is 9.72. The predicted molar refractivity (Wildman–Crippen MR) is 87.9 cm³/mol. The molecule has 0 aliphatic heterocycles. The standard InChI is InChI=1S/C17H15ClN2O3/c1-11-3-4-12-8-13(16(18)20-15(12)7-11)9-14(10-19)17(21)23-6-5-22-2/h3-4,7-9H,5-6H2,1-2H3/b14-9+. The largest absolute Gasteiger partial charge is 0.459 e. The molecule has 1 aromatic carbocycles. The van der Waals surface area contributed by atoms with Gasteiger partial charge in [0.2, 0.25) is 0 Å². The molecule has 0 aliphatic carbocycles. The third kappa shape index (κ3) is 4.28. The van der Waals surface area contributed by atoms with E-state index in [2.05, 4.69) is 4.98 Å². The van der Waals surface area contributed by atoms with Crippen LogP contribution in [0.25, 0.3) is 17.0 Å². The van der Waals surface area contributed by atoms with Gasteiger partial charge in [-0.3, -0.25) is 0 Å². The smallest absolute Gasteiger partial charge is 0.348 e. The number of carbonyl (C=O) groups is 1. The Hall–Kier alpha value is -2.42. The summed E-state index contributed by atoms with van der Waals surface area (Å²) in [5.74, 6) is -0.718. The summed E-state index contributed by atoms with van der Waals surface area (Å²) in [5.41, 5.74) is 2.18. The predicted octanol–water partition coefficient (Wildman–Crippen LogP) is 3.29. The van der Waals surface area contributed by atoms with Crippen molar-refractivity contribution in [3.05, 3.63) is 46.1 Å². The maximum Gasteiger partial charge on any atom is 0.348 e. The SMILES string of the molecule is COCCOC(=O)/C(C#N)=C/c1cc2ccc(C)cc2nc1Cl. The number of aryl methyl sites for hydroxylation is 1. The van der Waals surface area contributed by atoms with Gasteiger partial charge in [-0.15, -0.1) is 0 Å². The van der Waals surface area contributed by atoms with Gasteiger partial charge in [0.25, 0.3) is 0 Å². The zero-order valence-corrected chi connectivity index (χ0v) is 13.6. The van der Waals surface area contributed by atoms with E-state index < -0.39 is 5.97 Å². The average Bonchev–Trinajstić information content (AvgIpc) is 2.53. The number of fused-ring (bicyclic) bond motifs is 1. The molecule has 0 saturated carbocycles. The second-order valence-corrected chi connectivity index (χ2v) is 5.22. The van der Waals surface area contributed by atoms with E-state index in [9.17, 15) is 4.79 Å². The van der Waals surface area contributed by atoms with Gasteiger partial charge in [0.15, 0.2) is 0 Å². The lowest BCUT2D eigenvalue weighted by Crippen LogP contribution is -2.11. The lowest BCUT2D eigenvalue weighted by molar-refractivity contribution is -0.139. The van der Waals surface area contributed by atoms with E-state index in [4.69, 9.17) is 26.3 Å². The summed E-state index contributed by atoms with van der Waals surface area (Å²) in [7, 11) is 1.50. The van der Waals surface area contributed by atoms with Crippen LogP contribution in [0.4, 0.5) is 0 Å². The lowest BCUT2D eigenvalue weighted by atomic mass is 10.1. The van der Waals surface area contributed by atoms with E-state index in [1.807, 2.05) is 31.2 Å². The van der Waals surface area contributed by atoms with Gasteiger partial charge in [-0.2, -0.15) is 5.26 Å². The summed E-state index contributed by atoms with van der Waals surface area (Å²) in [5, 5.41) is 10.2. The highest BCUT2D eigenvalue weighted by molar-refractivity contribution is 6.31. The molecule has 0 spiro atoms. The van der Waals surface area contributed by atoms with Gasteiger partial charge < -0.3 is 9.47 Å². The van der Waals surface area contributed by atoms with Crippen molar-refractivity contribution in [1.29, 1.82) is 5.26 Å². The minimum atomic E-state index is -0.718. The fourth-order valence-corrected chi connectivity index (χ4v) is 2.16. The Morgan fingerprint density at radius 1 is 1.39 bits per heavy atom. The molecule has 5 nitrogen and oxygen atoms in total. The molecule has 118 valence electrons. The zero-order chi connectivity index (χ0) is 16.8. The molecule has 23 heavy (non-hydrogen) atoms. The zero-order valence-electron chi connectivity index (χ0n) is 12.8. The molecule has 1 aromatic heterocycles. The number of rotatable bonds is 5. The van der Waals surface area contributed by atoms with Crippen molar-refractivity contribution in [2.75, 3.05) is 20.3 Å². The van der Waals surface area contributed by atoms with Gasteiger partial charge >= 0.3 is 5.97 Å². The number of carbonyl (C=O) groups excluding carboxylic acids is 1. The Balaban J connectivity index is 2.34. The molecule has 0 amide bonds. The Kier molecular flexibility index (Phi) is 5.69. The molecule has 0 atom stereocenters. The Labute approximate surface area is 139 Å². The fourth-order valence-electron chi connectivity index (χ4n) is 1.96. The van der Waals surface area contributed by atoms with Gasteiger partial charge in [-0.05, 0) is 30.7 Å². The van der Waals surface area contributed by atoms with Crippen molar-refractivity contribution in [3.8, 4) is 6.07 Å². The van der Waals surface area contributed by atoms with Crippen molar-refractivity contribution < 1.29 is 14.3 Å². The van der Waals surface area contributed by atoms with Gasteiger partial charge in [0.1, 0.15) is 23.4 Å². The molecule has 0 N–H and O–H groups in total. The van der Waals surface area contributed by atoms with E-state index in [-0.39, 0.29) is 23.9 Å². The summed E-state index contributed by atoms with van der Waals surface area (Å²) in [6, 6.07) is 9.38. The number of hydrogen-bond acceptors (Lipinski definition) is 5. The second kappa shape index (κ2) is 7.73. The number of ether oxygens (including phenoxy) is 2. The highest BCUT2D eigenvalue weighted by Crippen LogP contribution is 2.23. The quantitative estimate of drug-likeness (QED) is 0.276. The maximum absolute atomic E-state index is 11.8. The van der Waals surface area contributed by atoms with Crippen molar-refractivity contribution >= 4 is 34.5 Å². The molecular weight excluding hydrogens is 316 g/mol. The maximum atomic E-state index is 11.8. The first-order valence-corrected chi connectivity index (χ1v) is 7.27. The minimum Gasteiger partial charge on any atom is -0.459 e. The van der Waals surface area contributed by atoms with Crippen LogP contribution in [0.15, 0.2) is 29.8 Å². The first kappa shape index (κ1) is 16.9. The average molecular weight is 331 g/mol. The summed E-state index contributed by atoms with van der Waals surface area (Å²) in [6.07, 6.45) is 1.38. The molecule has 0 bridgehead atoms. The number of halogens is 1. The first-order valence-electron chi connectivity index (χ1n) is 6.90. The van der Waals surface area contributed by atoms with Crippen LogP contribution in [0.2, 0.25) is 5.15 Å². The van der Waals surface area contributed by atoms with Gasteiger partial charge in [0.05, 0.1) is 12.1 Å². The van der Waals surface area contributed by atoms with Crippen LogP contribution in [0.3, 0.4) is 0 Å². The highest BCUT2D eigenvalue weighted by Gasteiger charge is 2.12. The normalized spacial score (nSPS) is 11.3. The van der Waals surface area contributed by atoms with Crippen LogP contribution in [-0.2, 0) is 14.3 Å². The van der Waals surface area contributed by atoms with Crippen LogP contribution in [0.1, 0.15) is 11.1 Å². The van der Waals surface area contributed by atoms with E-state index in [1.54, 1.807) is 6.07 Å². The number of nitrogens with zero attached hydrogens (tertiary/aromatic N) is 2. The third-order valence-corrected chi connectivity index (χ3v) is 3.42. The fraction of sp³-hybridized carbons (Fsp3) is 0.235.